The van der Waals surface area contributed by atoms with E-state index in [1.54, 1.807) is 12.3 Å². The molecule has 2 aliphatic heterocycles. The molecule has 10 heteroatoms. The Bertz CT molecular complexity index is 766. The summed E-state index contributed by atoms with van der Waals surface area (Å²) < 4.78 is 5.75. The van der Waals surface area contributed by atoms with Gasteiger partial charge in [-0.05, 0) is 6.92 Å². The Hall–Kier alpha value is -2.88. The Kier molecular flexibility index (Phi) is 3.88. The SMILES string of the molecule is Cc1cc(Nc2ccn[nH]2)nc(N2CC3OCCN(C(=O)O)C3C2)n1. The van der Waals surface area contributed by atoms with Crippen molar-refractivity contribution in [1.82, 2.24) is 25.1 Å². The van der Waals surface area contributed by atoms with Gasteiger partial charge in [0, 0.05) is 37.5 Å². The van der Waals surface area contributed by atoms with Gasteiger partial charge in [0.1, 0.15) is 11.6 Å². The second-order valence-corrected chi connectivity index (χ2v) is 6.15. The summed E-state index contributed by atoms with van der Waals surface area (Å²) in [6.07, 6.45) is 0.588. The van der Waals surface area contributed by atoms with Gasteiger partial charge in [-0.15, -0.1) is 0 Å². The second-order valence-electron chi connectivity index (χ2n) is 6.15. The van der Waals surface area contributed by atoms with Crippen molar-refractivity contribution < 1.29 is 14.6 Å². The van der Waals surface area contributed by atoms with Gasteiger partial charge in [-0.3, -0.25) is 10.00 Å². The quantitative estimate of drug-likeness (QED) is 0.748. The lowest BCUT2D eigenvalue weighted by Crippen LogP contribution is -2.52. The number of hydrogen-bond donors (Lipinski definition) is 3. The van der Waals surface area contributed by atoms with Gasteiger partial charge >= 0.3 is 6.09 Å². The number of anilines is 3. The monoisotopic (exact) mass is 345 g/mol. The normalized spacial score (nSPS) is 22.8. The minimum Gasteiger partial charge on any atom is -0.465 e. The van der Waals surface area contributed by atoms with E-state index < -0.39 is 6.09 Å². The number of hydrogen-bond acceptors (Lipinski definition) is 7. The fourth-order valence-electron chi connectivity index (χ4n) is 3.31. The summed E-state index contributed by atoms with van der Waals surface area (Å²) >= 11 is 0. The molecular weight excluding hydrogens is 326 g/mol. The standard InChI is InChI=1S/C15H19N7O3/c1-9-6-13(18-12-2-3-16-20-12)19-14(17-9)21-7-10-11(8-21)25-5-4-22(10)15(23)24/h2-3,6,10-11H,4-5,7-8H2,1H3,(H,23,24)(H2,16,17,18,19,20). The molecule has 2 unspecified atom stereocenters. The summed E-state index contributed by atoms with van der Waals surface area (Å²) in [5.74, 6) is 1.95. The molecule has 2 atom stereocenters. The number of carbonyl (C=O) groups is 1. The predicted molar refractivity (Wildman–Crippen MR) is 89.1 cm³/mol. The number of aromatic nitrogens is 4. The summed E-state index contributed by atoms with van der Waals surface area (Å²) in [4.78, 5) is 23.9. The molecule has 132 valence electrons. The van der Waals surface area contributed by atoms with E-state index in [1.165, 1.54) is 4.90 Å². The molecule has 0 aliphatic carbocycles. The van der Waals surface area contributed by atoms with Crippen molar-refractivity contribution in [2.24, 2.45) is 0 Å². The molecule has 0 aromatic carbocycles. The molecule has 0 spiro atoms. The average molecular weight is 345 g/mol. The van der Waals surface area contributed by atoms with E-state index in [0.717, 1.165) is 11.5 Å². The molecule has 1 amide bonds. The second kappa shape index (κ2) is 6.20. The first-order chi connectivity index (χ1) is 12.1. The van der Waals surface area contributed by atoms with Crippen molar-refractivity contribution in [2.45, 2.75) is 19.1 Å². The topological polar surface area (TPSA) is 120 Å². The molecule has 10 nitrogen and oxygen atoms in total. The van der Waals surface area contributed by atoms with E-state index >= 15 is 0 Å². The van der Waals surface area contributed by atoms with E-state index in [-0.39, 0.29) is 12.1 Å². The average Bonchev–Trinajstić information content (AvgIpc) is 3.22. The van der Waals surface area contributed by atoms with Gasteiger partial charge in [0.2, 0.25) is 5.95 Å². The first-order valence-corrected chi connectivity index (χ1v) is 8.08. The minimum atomic E-state index is -0.910. The van der Waals surface area contributed by atoms with Gasteiger partial charge in [-0.2, -0.15) is 10.1 Å². The van der Waals surface area contributed by atoms with Crippen LogP contribution >= 0.6 is 0 Å². The van der Waals surface area contributed by atoms with Crippen LogP contribution in [0, 0.1) is 6.92 Å². The van der Waals surface area contributed by atoms with Crippen LogP contribution in [-0.2, 0) is 4.74 Å². The van der Waals surface area contributed by atoms with Crippen LogP contribution in [0.5, 0.6) is 0 Å². The zero-order valence-electron chi connectivity index (χ0n) is 13.7. The Morgan fingerprint density at radius 2 is 2.32 bits per heavy atom. The molecule has 2 fully saturated rings. The van der Waals surface area contributed by atoms with E-state index in [4.69, 9.17) is 4.74 Å². The third-order valence-corrected chi connectivity index (χ3v) is 4.44. The summed E-state index contributed by atoms with van der Waals surface area (Å²) in [5, 5.41) is 19.2. The number of morpholine rings is 1. The van der Waals surface area contributed by atoms with E-state index in [2.05, 4.69) is 25.5 Å². The molecule has 0 saturated carbocycles. The summed E-state index contributed by atoms with van der Waals surface area (Å²) in [5.41, 5.74) is 0.817. The zero-order chi connectivity index (χ0) is 17.4. The van der Waals surface area contributed by atoms with Crippen molar-refractivity contribution in [3.8, 4) is 0 Å². The predicted octanol–water partition coefficient (Wildman–Crippen LogP) is 0.819. The fraction of sp³-hybridized carbons (Fsp3) is 0.467. The number of amides is 1. The molecule has 0 bridgehead atoms. The lowest BCUT2D eigenvalue weighted by atomic mass is 10.1. The maximum absolute atomic E-state index is 11.4. The highest BCUT2D eigenvalue weighted by molar-refractivity contribution is 5.66. The van der Waals surface area contributed by atoms with Gasteiger partial charge in [-0.25, -0.2) is 9.78 Å². The number of fused-ring (bicyclic) bond motifs is 1. The van der Waals surface area contributed by atoms with Gasteiger partial charge in [0.25, 0.3) is 0 Å². The smallest absolute Gasteiger partial charge is 0.407 e. The summed E-state index contributed by atoms with van der Waals surface area (Å²) in [6, 6.07) is 3.45. The molecule has 2 aromatic rings. The Balaban J connectivity index is 1.56. The molecule has 4 heterocycles. The summed E-state index contributed by atoms with van der Waals surface area (Å²) in [7, 11) is 0. The van der Waals surface area contributed by atoms with E-state index in [0.29, 0.717) is 38.0 Å². The van der Waals surface area contributed by atoms with Crippen molar-refractivity contribution in [3.05, 3.63) is 24.0 Å². The molecule has 4 rings (SSSR count). The van der Waals surface area contributed by atoms with Gasteiger partial charge in [0.05, 0.1) is 24.9 Å². The van der Waals surface area contributed by atoms with Gasteiger partial charge < -0.3 is 20.1 Å². The first-order valence-electron chi connectivity index (χ1n) is 8.08. The number of H-pyrrole nitrogens is 1. The molecule has 2 saturated heterocycles. The van der Waals surface area contributed by atoms with Crippen molar-refractivity contribution in [1.29, 1.82) is 0 Å². The largest absolute Gasteiger partial charge is 0.465 e. The van der Waals surface area contributed by atoms with Gasteiger partial charge in [0.15, 0.2) is 0 Å². The molecule has 25 heavy (non-hydrogen) atoms. The van der Waals surface area contributed by atoms with Crippen LogP contribution in [-0.4, -0.2) is 74.7 Å². The number of carboxylic acid groups (broad SMARTS) is 1. The Labute approximate surface area is 143 Å². The lowest BCUT2D eigenvalue weighted by Gasteiger charge is -2.34. The maximum atomic E-state index is 11.4. The molecule has 2 aromatic heterocycles. The maximum Gasteiger partial charge on any atom is 0.407 e. The van der Waals surface area contributed by atoms with Crippen LogP contribution in [0.4, 0.5) is 22.4 Å². The zero-order valence-corrected chi connectivity index (χ0v) is 13.7. The highest BCUT2D eigenvalue weighted by Gasteiger charge is 2.43. The first kappa shape index (κ1) is 15.6. The van der Waals surface area contributed by atoms with E-state index in [1.807, 2.05) is 17.9 Å². The number of nitrogens with zero attached hydrogens (tertiary/aromatic N) is 5. The Morgan fingerprint density at radius 1 is 1.44 bits per heavy atom. The lowest BCUT2D eigenvalue weighted by molar-refractivity contribution is -0.0376. The van der Waals surface area contributed by atoms with Crippen molar-refractivity contribution in [3.63, 3.8) is 0 Å². The summed E-state index contributed by atoms with van der Waals surface area (Å²) in [6.45, 7) is 3.80. The number of ether oxygens (including phenoxy) is 1. The van der Waals surface area contributed by atoms with E-state index in [9.17, 15) is 9.90 Å². The third kappa shape index (κ3) is 3.07. The van der Waals surface area contributed by atoms with Crippen molar-refractivity contribution >= 4 is 23.7 Å². The van der Waals surface area contributed by atoms with Crippen molar-refractivity contribution in [2.75, 3.05) is 36.5 Å². The highest BCUT2D eigenvalue weighted by Crippen LogP contribution is 2.27. The highest BCUT2D eigenvalue weighted by atomic mass is 16.5. The number of aryl methyl sites for hydroxylation is 1. The Morgan fingerprint density at radius 3 is 3.08 bits per heavy atom. The fourth-order valence-corrected chi connectivity index (χ4v) is 3.31. The van der Waals surface area contributed by atoms with Crippen LogP contribution < -0.4 is 10.2 Å². The van der Waals surface area contributed by atoms with Crippen LogP contribution in [0.1, 0.15) is 5.69 Å². The van der Waals surface area contributed by atoms with Crippen LogP contribution in [0.15, 0.2) is 18.3 Å². The van der Waals surface area contributed by atoms with Gasteiger partial charge in [-0.1, -0.05) is 0 Å². The number of aromatic amines is 1. The molecule has 0 radical (unpaired) electrons. The van der Waals surface area contributed by atoms with Crippen LogP contribution in [0.3, 0.4) is 0 Å². The molecule has 2 aliphatic rings. The van der Waals surface area contributed by atoms with Crippen LogP contribution in [0.25, 0.3) is 0 Å². The number of nitrogens with one attached hydrogen (secondary N) is 2. The minimum absolute atomic E-state index is 0.155. The third-order valence-electron chi connectivity index (χ3n) is 4.44. The molecular formula is C15H19N7O3. The molecule has 3 N–H and O–H groups in total. The van der Waals surface area contributed by atoms with Crippen LogP contribution in [0.2, 0.25) is 0 Å². The number of rotatable bonds is 3.